The van der Waals surface area contributed by atoms with Crippen molar-refractivity contribution in [2.45, 2.75) is 12.8 Å². The number of anilines is 1. The molecule has 1 aromatic carbocycles. The van der Waals surface area contributed by atoms with Crippen LogP contribution in [0.25, 0.3) is 10.1 Å². The fourth-order valence-corrected chi connectivity index (χ4v) is 2.72. The monoisotopic (exact) mass is 211 g/mol. The van der Waals surface area contributed by atoms with Gasteiger partial charge in [-0.25, -0.2) is 0 Å². The van der Waals surface area contributed by atoms with Gasteiger partial charge in [0.05, 0.1) is 5.00 Å². The van der Waals surface area contributed by atoms with Gasteiger partial charge in [0.2, 0.25) is 0 Å². The van der Waals surface area contributed by atoms with Crippen LogP contribution in [0.4, 0.5) is 5.00 Å². The highest BCUT2D eigenvalue weighted by Gasteiger charge is 2.04. The number of aryl methyl sites for hydroxylation is 1. The first-order chi connectivity index (χ1) is 6.20. The molecule has 0 radical (unpaired) electrons. The number of alkyl halides is 1. The number of hydrogen-bond acceptors (Lipinski definition) is 2. The van der Waals surface area contributed by atoms with Crippen LogP contribution in [0, 0.1) is 6.92 Å². The fraction of sp³-hybridized carbons (Fsp3) is 0.200. The third-order valence-corrected chi connectivity index (χ3v) is 3.34. The minimum absolute atomic E-state index is 0.554. The summed E-state index contributed by atoms with van der Waals surface area (Å²) in [6.07, 6.45) is 0. The summed E-state index contributed by atoms with van der Waals surface area (Å²) in [7, 11) is 0. The summed E-state index contributed by atoms with van der Waals surface area (Å²) in [6.45, 7) is 2.07. The zero-order chi connectivity index (χ0) is 9.42. The quantitative estimate of drug-likeness (QED) is 0.718. The molecular weight excluding hydrogens is 202 g/mol. The highest BCUT2D eigenvalue weighted by Crippen LogP contribution is 2.32. The van der Waals surface area contributed by atoms with Crippen LogP contribution in [0.5, 0.6) is 0 Å². The van der Waals surface area contributed by atoms with Crippen molar-refractivity contribution in [1.82, 2.24) is 0 Å². The SMILES string of the molecule is Cc1cc(CCl)c2sc(N)cc2c1. The molecule has 2 rings (SSSR count). The Labute approximate surface area is 86.1 Å². The third kappa shape index (κ3) is 1.52. The van der Waals surface area contributed by atoms with Crippen LogP contribution in [0.2, 0.25) is 0 Å². The van der Waals surface area contributed by atoms with Gasteiger partial charge in [-0.1, -0.05) is 17.7 Å². The first kappa shape index (κ1) is 8.85. The van der Waals surface area contributed by atoms with Crippen molar-refractivity contribution in [1.29, 1.82) is 0 Å². The lowest BCUT2D eigenvalue weighted by Crippen LogP contribution is -1.80. The van der Waals surface area contributed by atoms with Gasteiger partial charge < -0.3 is 5.73 Å². The van der Waals surface area contributed by atoms with Crippen LogP contribution in [-0.4, -0.2) is 0 Å². The van der Waals surface area contributed by atoms with Crippen molar-refractivity contribution < 1.29 is 0 Å². The summed E-state index contributed by atoms with van der Waals surface area (Å²) in [5, 5.41) is 2.06. The highest BCUT2D eigenvalue weighted by atomic mass is 35.5. The Balaban J connectivity index is 2.80. The highest BCUT2D eigenvalue weighted by molar-refractivity contribution is 7.22. The van der Waals surface area contributed by atoms with Gasteiger partial charge in [0, 0.05) is 10.6 Å². The molecule has 0 unspecified atom stereocenters. The van der Waals surface area contributed by atoms with E-state index < -0.39 is 0 Å². The number of halogens is 1. The molecule has 1 heterocycles. The smallest absolute Gasteiger partial charge is 0.0868 e. The molecule has 0 spiro atoms. The van der Waals surface area contributed by atoms with Gasteiger partial charge in [-0.15, -0.1) is 22.9 Å². The van der Waals surface area contributed by atoms with E-state index in [0.717, 1.165) is 5.00 Å². The lowest BCUT2D eigenvalue weighted by Gasteiger charge is -1.99. The Kier molecular flexibility index (Phi) is 2.18. The van der Waals surface area contributed by atoms with Crippen molar-refractivity contribution >= 4 is 38.0 Å². The van der Waals surface area contributed by atoms with Crippen molar-refractivity contribution in [3.8, 4) is 0 Å². The molecule has 1 nitrogen and oxygen atoms in total. The molecule has 0 amide bonds. The first-order valence-corrected chi connectivity index (χ1v) is 5.40. The maximum atomic E-state index is 5.85. The van der Waals surface area contributed by atoms with Crippen LogP contribution >= 0.6 is 22.9 Å². The molecule has 0 saturated heterocycles. The second kappa shape index (κ2) is 3.20. The van der Waals surface area contributed by atoms with Gasteiger partial charge in [0.15, 0.2) is 0 Å². The molecule has 0 aliphatic carbocycles. The van der Waals surface area contributed by atoms with Gasteiger partial charge in [0.1, 0.15) is 0 Å². The summed E-state index contributed by atoms with van der Waals surface area (Å²) in [4.78, 5) is 0. The molecule has 3 heteroatoms. The molecule has 0 aliphatic rings. The zero-order valence-electron chi connectivity index (χ0n) is 7.30. The van der Waals surface area contributed by atoms with E-state index >= 15 is 0 Å². The second-order valence-electron chi connectivity index (χ2n) is 3.12. The van der Waals surface area contributed by atoms with E-state index in [0.29, 0.717) is 5.88 Å². The summed E-state index contributed by atoms with van der Waals surface area (Å²) in [5.41, 5.74) is 8.16. The summed E-state index contributed by atoms with van der Waals surface area (Å²) in [5.74, 6) is 0.554. The Morgan fingerprint density at radius 2 is 2.15 bits per heavy atom. The summed E-state index contributed by atoms with van der Waals surface area (Å²) in [6, 6.07) is 6.26. The molecule has 0 bridgehead atoms. The van der Waals surface area contributed by atoms with Crippen molar-refractivity contribution in [2.75, 3.05) is 5.73 Å². The predicted octanol–water partition coefficient (Wildman–Crippen LogP) is 3.53. The maximum Gasteiger partial charge on any atom is 0.0868 e. The molecule has 1 aromatic heterocycles. The molecule has 0 saturated carbocycles. The fourth-order valence-electron chi connectivity index (χ4n) is 1.51. The van der Waals surface area contributed by atoms with E-state index in [4.69, 9.17) is 17.3 Å². The van der Waals surface area contributed by atoms with Gasteiger partial charge in [0.25, 0.3) is 0 Å². The van der Waals surface area contributed by atoms with E-state index in [1.165, 1.54) is 21.2 Å². The molecule has 2 aromatic rings. The number of fused-ring (bicyclic) bond motifs is 1. The summed E-state index contributed by atoms with van der Waals surface area (Å²) < 4.78 is 1.22. The van der Waals surface area contributed by atoms with Crippen LogP contribution in [0.1, 0.15) is 11.1 Å². The number of thiophene rings is 1. The van der Waals surface area contributed by atoms with Gasteiger partial charge in [-0.3, -0.25) is 0 Å². The van der Waals surface area contributed by atoms with E-state index in [2.05, 4.69) is 19.1 Å². The van der Waals surface area contributed by atoms with Crippen LogP contribution < -0.4 is 5.73 Å². The minimum Gasteiger partial charge on any atom is -0.391 e. The standard InChI is InChI=1S/C10H10ClNS/c1-6-2-7-4-9(12)13-10(7)8(3-6)5-11/h2-4H,5,12H2,1H3. The number of nitrogens with two attached hydrogens (primary N) is 1. The van der Waals surface area contributed by atoms with Crippen LogP contribution in [0.3, 0.4) is 0 Å². The van der Waals surface area contributed by atoms with E-state index in [1.807, 2.05) is 6.07 Å². The number of nitrogen functional groups attached to an aromatic ring is 1. The number of benzene rings is 1. The van der Waals surface area contributed by atoms with Crippen LogP contribution in [0.15, 0.2) is 18.2 Å². The predicted molar refractivity (Wildman–Crippen MR) is 60.5 cm³/mol. The average Bonchev–Trinajstić information content (AvgIpc) is 2.43. The summed E-state index contributed by atoms with van der Waals surface area (Å²) >= 11 is 7.46. The van der Waals surface area contributed by atoms with Crippen molar-refractivity contribution in [2.24, 2.45) is 0 Å². The molecule has 13 heavy (non-hydrogen) atoms. The Hall–Kier alpha value is -0.730. The Morgan fingerprint density at radius 3 is 2.85 bits per heavy atom. The van der Waals surface area contributed by atoms with Crippen molar-refractivity contribution in [3.63, 3.8) is 0 Å². The topological polar surface area (TPSA) is 26.0 Å². The molecule has 2 N–H and O–H groups in total. The number of hydrogen-bond donors (Lipinski definition) is 1. The molecule has 0 atom stereocenters. The van der Waals surface area contributed by atoms with E-state index in [1.54, 1.807) is 11.3 Å². The molecule has 68 valence electrons. The molecular formula is C10H10ClNS. The van der Waals surface area contributed by atoms with E-state index in [9.17, 15) is 0 Å². The normalized spacial score (nSPS) is 10.9. The Bertz CT molecular complexity index is 447. The van der Waals surface area contributed by atoms with Gasteiger partial charge in [-0.05, 0) is 23.9 Å². The minimum atomic E-state index is 0.554. The lowest BCUT2D eigenvalue weighted by molar-refractivity contribution is 1.40. The third-order valence-electron chi connectivity index (χ3n) is 2.00. The van der Waals surface area contributed by atoms with Gasteiger partial charge >= 0.3 is 0 Å². The lowest BCUT2D eigenvalue weighted by atomic mass is 10.1. The zero-order valence-corrected chi connectivity index (χ0v) is 8.88. The van der Waals surface area contributed by atoms with Crippen LogP contribution in [-0.2, 0) is 5.88 Å². The second-order valence-corrected chi connectivity index (χ2v) is 4.48. The number of rotatable bonds is 1. The molecule has 0 aliphatic heterocycles. The van der Waals surface area contributed by atoms with Crippen molar-refractivity contribution in [3.05, 3.63) is 29.3 Å². The largest absolute Gasteiger partial charge is 0.391 e. The van der Waals surface area contributed by atoms with E-state index in [-0.39, 0.29) is 0 Å². The molecule has 0 fully saturated rings. The average molecular weight is 212 g/mol. The maximum absolute atomic E-state index is 5.85. The Morgan fingerprint density at radius 1 is 1.38 bits per heavy atom. The first-order valence-electron chi connectivity index (χ1n) is 4.05. The van der Waals surface area contributed by atoms with Gasteiger partial charge in [-0.2, -0.15) is 0 Å².